The highest BCUT2D eigenvalue weighted by molar-refractivity contribution is 6.09. The second-order valence-electron chi connectivity index (χ2n) is 6.47. The van der Waals surface area contributed by atoms with Gasteiger partial charge in [0.15, 0.2) is 12.4 Å². The van der Waals surface area contributed by atoms with Crippen LogP contribution in [0.5, 0.6) is 0 Å². The van der Waals surface area contributed by atoms with Crippen molar-refractivity contribution >= 4 is 33.5 Å². The van der Waals surface area contributed by atoms with E-state index in [1.54, 1.807) is 0 Å². The van der Waals surface area contributed by atoms with Gasteiger partial charge >= 0.3 is 0 Å². The zero-order chi connectivity index (χ0) is 18.1. The standard InChI is InChI=1S/C23H20N3/c1-3-26-22-9-5-4-8-20(22)21-14-17(10-11-23(21)26)13-19(15-24)18-7-6-12-25(2)16-18/h4-14,16H,3H2,1-2H3/q+1/b19-13+. The maximum Gasteiger partial charge on any atom is 0.177 e. The Morgan fingerprint density at radius 2 is 1.88 bits per heavy atom. The Labute approximate surface area is 153 Å². The summed E-state index contributed by atoms with van der Waals surface area (Å²) in [6.07, 6.45) is 5.90. The first-order valence-electron chi connectivity index (χ1n) is 8.79. The van der Waals surface area contributed by atoms with Crippen molar-refractivity contribution in [1.82, 2.24) is 4.57 Å². The molecule has 0 saturated heterocycles. The van der Waals surface area contributed by atoms with Crippen molar-refractivity contribution in [3.05, 3.63) is 78.1 Å². The molecule has 0 N–H and O–H groups in total. The van der Waals surface area contributed by atoms with Gasteiger partial charge < -0.3 is 4.57 Å². The van der Waals surface area contributed by atoms with Gasteiger partial charge in [-0.05, 0) is 42.8 Å². The van der Waals surface area contributed by atoms with Gasteiger partial charge in [0.1, 0.15) is 13.1 Å². The zero-order valence-electron chi connectivity index (χ0n) is 15.0. The topological polar surface area (TPSA) is 32.6 Å². The van der Waals surface area contributed by atoms with Crippen LogP contribution in [0.4, 0.5) is 0 Å². The Morgan fingerprint density at radius 3 is 2.65 bits per heavy atom. The summed E-state index contributed by atoms with van der Waals surface area (Å²) in [6.45, 7) is 3.10. The normalized spacial score (nSPS) is 11.8. The number of para-hydroxylation sites is 1. The highest BCUT2D eigenvalue weighted by Crippen LogP contribution is 2.30. The molecule has 0 amide bonds. The van der Waals surface area contributed by atoms with E-state index in [0.29, 0.717) is 5.57 Å². The van der Waals surface area contributed by atoms with Crippen LogP contribution in [-0.2, 0) is 13.6 Å². The number of aromatic nitrogens is 2. The van der Waals surface area contributed by atoms with Gasteiger partial charge in [-0.25, -0.2) is 4.57 Å². The second-order valence-corrected chi connectivity index (χ2v) is 6.47. The number of rotatable bonds is 3. The number of hydrogen-bond acceptors (Lipinski definition) is 1. The van der Waals surface area contributed by atoms with E-state index in [4.69, 9.17) is 0 Å². The molecule has 0 saturated carbocycles. The lowest BCUT2D eigenvalue weighted by Gasteiger charge is -2.03. The minimum absolute atomic E-state index is 0.666. The van der Waals surface area contributed by atoms with E-state index in [1.807, 2.05) is 42.2 Å². The summed E-state index contributed by atoms with van der Waals surface area (Å²) in [7, 11) is 1.96. The van der Waals surface area contributed by atoms with E-state index in [-0.39, 0.29) is 0 Å². The van der Waals surface area contributed by atoms with Crippen molar-refractivity contribution in [2.24, 2.45) is 7.05 Å². The van der Waals surface area contributed by atoms with E-state index in [9.17, 15) is 5.26 Å². The van der Waals surface area contributed by atoms with Crippen LogP contribution < -0.4 is 4.57 Å². The number of nitriles is 1. The fourth-order valence-electron chi connectivity index (χ4n) is 3.60. The van der Waals surface area contributed by atoms with Crippen LogP contribution in [0.15, 0.2) is 67.0 Å². The molecule has 0 radical (unpaired) electrons. The summed E-state index contributed by atoms with van der Waals surface area (Å²) in [5, 5.41) is 12.1. The van der Waals surface area contributed by atoms with Crippen LogP contribution in [0, 0.1) is 11.3 Å². The van der Waals surface area contributed by atoms with Crippen LogP contribution in [0.3, 0.4) is 0 Å². The smallest absolute Gasteiger partial charge is 0.177 e. The van der Waals surface area contributed by atoms with Crippen LogP contribution in [-0.4, -0.2) is 4.57 Å². The third kappa shape index (κ3) is 2.66. The molecular formula is C23H20N3+. The average Bonchev–Trinajstić information content (AvgIpc) is 2.99. The molecule has 4 aromatic rings. The summed E-state index contributed by atoms with van der Waals surface area (Å²) in [5.74, 6) is 0. The highest BCUT2D eigenvalue weighted by atomic mass is 15.0. The van der Waals surface area contributed by atoms with Gasteiger partial charge in [0.05, 0.1) is 11.1 Å². The van der Waals surface area contributed by atoms with Gasteiger partial charge in [-0.3, -0.25) is 0 Å². The maximum atomic E-state index is 9.63. The number of benzene rings is 2. The number of aryl methyl sites for hydroxylation is 2. The largest absolute Gasteiger partial charge is 0.341 e. The fourth-order valence-corrected chi connectivity index (χ4v) is 3.60. The van der Waals surface area contributed by atoms with Crippen molar-refractivity contribution in [2.75, 3.05) is 0 Å². The van der Waals surface area contributed by atoms with Crippen molar-refractivity contribution < 1.29 is 4.57 Å². The molecule has 0 aliphatic carbocycles. The van der Waals surface area contributed by atoms with Crippen LogP contribution in [0.25, 0.3) is 33.5 Å². The molecule has 0 fully saturated rings. The molecule has 0 aliphatic rings. The van der Waals surface area contributed by atoms with Crippen molar-refractivity contribution in [2.45, 2.75) is 13.5 Å². The maximum absolute atomic E-state index is 9.63. The van der Waals surface area contributed by atoms with Crippen LogP contribution in [0.2, 0.25) is 0 Å². The molecule has 2 aromatic carbocycles. The SMILES string of the molecule is CCn1c2ccccc2c2cc(/C=C(\C#N)c3ccc[n+](C)c3)ccc21. The van der Waals surface area contributed by atoms with E-state index in [0.717, 1.165) is 17.7 Å². The molecule has 0 atom stereocenters. The predicted octanol–water partition coefficient (Wildman–Crippen LogP) is 4.70. The molecule has 126 valence electrons. The lowest BCUT2D eigenvalue weighted by molar-refractivity contribution is -0.671. The zero-order valence-corrected chi connectivity index (χ0v) is 15.0. The first kappa shape index (κ1) is 16.1. The van der Waals surface area contributed by atoms with Crippen molar-refractivity contribution in [3.63, 3.8) is 0 Å². The minimum Gasteiger partial charge on any atom is -0.341 e. The van der Waals surface area contributed by atoms with Gasteiger partial charge in [-0.15, -0.1) is 0 Å². The Kier molecular flexibility index (Phi) is 4.02. The quantitative estimate of drug-likeness (QED) is 0.393. The van der Waals surface area contributed by atoms with Crippen LogP contribution in [0.1, 0.15) is 18.1 Å². The van der Waals surface area contributed by atoms with E-state index in [2.05, 4.69) is 60.0 Å². The number of pyridine rings is 1. The van der Waals surface area contributed by atoms with Crippen molar-refractivity contribution in [1.29, 1.82) is 5.26 Å². The lowest BCUT2D eigenvalue weighted by Crippen LogP contribution is -2.26. The molecule has 3 heteroatoms. The van der Waals surface area contributed by atoms with E-state index < -0.39 is 0 Å². The highest BCUT2D eigenvalue weighted by Gasteiger charge is 2.10. The summed E-state index contributed by atoms with van der Waals surface area (Å²) in [5.41, 5.74) is 5.12. The Balaban J connectivity index is 1.90. The number of nitrogens with zero attached hydrogens (tertiary/aromatic N) is 3. The third-order valence-electron chi connectivity index (χ3n) is 4.79. The predicted molar refractivity (Wildman–Crippen MR) is 106 cm³/mol. The Bertz CT molecular complexity index is 1190. The molecule has 0 aliphatic heterocycles. The Morgan fingerprint density at radius 1 is 1.08 bits per heavy atom. The van der Waals surface area contributed by atoms with Crippen molar-refractivity contribution in [3.8, 4) is 6.07 Å². The summed E-state index contributed by atoms with van der Waals surface area (Å²) in [4.78, 5) is 0. The number of allylic oxidation sites excluding steroid dienone is 1. The molecular weight excluding hydrogens is 318 g/mol. The van der Waals surface area contributed by atoms with E-state index >= 15 is 0 Å². The van der Waals surface area contributed by atoms with E-state index in [1.165, 1.54) is 21.8 Å². The first-order chi connectivity index (χ1) is 12.7. The molecule has 0 bridgehead atoms. The van der Waals surface area contributed by atoms with Crippen LogP contribution >= 0.6 is 0 Å². The molecule has 3 nitrogen and oxygen atoms in total. The van der Waals surface area contributed by atoms with Gasteiger partial charge in [-0.1, -0.05) is 24.3 Å². The number of fused-ring (bicyclic) bond motifs is 3. The summed E-state index contributed by atoms with van der Waals surface area (Å²) in [6, 6.07) is 21.2. The molecule has 0 spiro atoms. The third-order valence-corrected chi connectivity index (χ3v) is 4.79. The summed E-state index contributed by atoms with van der Waals surface area (Å²) >= 11 is 0. The average molecular weight is 338 g/mol. The Hall–Kier alpha value is -3.38. The molecule has 26 heavy (non-hydrogen) atoms. The fraction of sp³-hybridized carbons (Fsp3) is 0.130. The first-order valence-corrected chi connectivity index (χ1v) is 8.79. The molecule has 4 rings (SSSR count). The lowest BCUT2D eigenvalue weighted by atomic mass is 10.0. The minimum atomic E-state index is 0.666. The number of hydrogen-bond donors (Lipinski definition) is 0. The monoisotopic (exact) mass is 338 g/mol. The van der Waals surface area contributed by atoms with Gasteiger partial charge in [-0.2, -0.15) is 5.26 Å². The summed E-state index contributed by atoms with van der Waals surface area (Å²) < 4.78 is 4.29. The molecule has 2 aromatic heterocycles. The van der Waals surface area contributed by atoms with Gasteiger partial charge in [0, 0.05) is 34.4 Å². The molecule has 0 unspecified atom stereocenters. The van der Waals surface area contributed by atoms with Gasteiger partial charge in [0.25, 0.3) is 0 Å². The second kappa shape index (κ2) is 6.50. The van der Waals surface area contributed by atoms with Gasteiger partial charge in [0.2, 0.25) is 0 Å². The molecule has 2 heterocycles.